The summed E-state index contributed by atoms with van der Waals surface area (Å²) in [5, 5.41) is 0. The van der Waals surface area contributed by atoms with Crippen LogP contribution in [-0.4, -0.2) is 6.72 Å². The van der Waals surface area contributed by atoms with Crippen molar-refractivity contribution in [3.63, 3.8) is 0 Å². The third-order valence-corrected chi connectivity index (χ3v) is 11.1. The SMILES string of the molecule is C=N/C(=C\C=C/C)C1(CC/C=C\C=C/C)C2=C(C=CCC2)c2ccc(C/C=C\C=C(/C)C3=CCCc4sc(CC)c(/C=C\C)c43)cc21. The van der Waals surface area contributed by atoms with Gasteiger partial charge in [0.2, 0.25) is 0 Å². The maximum absolute atomic E-state index is 4.73. The van der Waals surface area contributed by atoms with Crippen LogP contribution in [0, 0.1) is 0 Å². The summed E-state index contributed by atoms with van der Waals surface area (Å²) >= 11 is 2.01. The second kappa shape index (κ2) is 16.2. The van der Waals surface area contributed by atoms with E-state index in [0.29, 0.717) is 0 Å². The fraction of sp³-hybridized carbons (Fsp3) is 0.311. The number of nitrogens with zero attached hydrogens (tertiary/aromatic N) is 1. The minimum absolute atomic E-state index is 0.277. The van der Waals surface area contributed by atoms with Gasteiger partial charge in [0.05, 0.1) is 11.1 Å². The number of hydrogen-bond acceptors (Lipinski definition) is 2. The van der Waals surface area contributed by atoms with E-state index >= 15 is 0 Å². The Morgan fingerprint density at radius 3 is 2.60 bits per heavy atom. The Hall–Kier alpha value is -4.01. The lowest BCUT2D eigenvalue weighted by atomic mass is 9.69. The number of allylic oxidation sites excluding steroid dienone is 18. The van der Waals surface area contributed by atoms with Crippen molar-refractivity contribution in [2.75, 3.05) is 0 Å². The number of aryl methyl sites for hydroxylation is 2. The highest BCUT2D eigenvalue weighted by Gasteiger charge is 2.46. The van der Waals surface area contributed by atoms with Crippen molar-refractivity contribution in [2.45, 2.75) is 91.4 Å². The molecule has 0 N–H and O–H groups in total. The maximum atomic E-state index is 4.73. The molecule has 2 heteroatoms. The van der Waals surface area contributed by atoms with E-state index in [1.807, 2.05) is 11.3 Å². The molecule has 47 heavy (non-hydrogen) atoms. The molecular formula is C45H51NS. The van der Waals surface area contributed by atoms with E-state index in [0.717, 1.165) is 57.1 Å². The number of hydrogen-bond donors (Lipinski definition) is 0. The van der Waals surface area contributed by atoms with Crippen molar-refractivity contribution < 1.29 is 0 Å². The first-order chi connectivity index (χ1) is 23.0. The lowest BCUT2D eigenvalue weighted by Crippen LogP contribution is -2.29. The van der Waals surface area contributed by atoms with Crippen LogP contribution in [0.5, 0.6) is 0 Å². The second-order valence-corrected chi connectivity index (χ2v) is 13.8. The van der Waals surface area contributed by atoms with Crippen LogP contribution in [0.4, 0.5) is 0 Å². The van der Waals surface area contributed by atoms with E-state index in [-0.39, 0.29) is 5.41 Å². The molecule has 1 heterocycles. The lowest BCUT2D eigenvalue weighted by molar-refractivity contribution is 0.528. The molecule has 1 nitrogen and oxygen atoms in total. The third kappa shape index (κ3) is 6.99. The Balaban J connectivity index is 1.47. The number of benzene rings is 1. The van der Waals surface area contributed by atoms with Crippen LogP contribution in [0.1, 0.15) is 104 Å². The quantitative estimate of drug-likeness (QED) is 0.153. The zero-order valence-electron chi connectivity index (χ0n) is 29.1. The van der Waals surface area contributed by atoms with Gasteiger partial charge in [-0.3, -0.25) is 4.99 Å². The molecule has 0 aliphatic heterocycles. The molecule has 1 aromatic heterocycles. The van der Waals surface area contributed by atoms with Gasteiger partial charge in [0.1, 0.15) is 0 Å². The molecular weight excluding hydrogens is 587 g/mol. The molecule has 3 aliphatic carbocycles. The summed E-state index contributed by atoms with van der Waals surface area (Å²) in [5.74, 6) is 0. The largest absolute Gasteiger partial charge is 0.268 e. The van der Waals surface area contributed by atoms with E-state index in [1.165, 1.54) is 55.0 Å². The summed E-state index contributed by atoms with van der Waals surface area (Å²) in [5.41, 5.74) is 13.4. The van der Waals surface area contributed by atoms with Crippen molar-refractivity contribution in [1.29, 1.82) is 0 Å². The Bertz CT molecular complexity index is 1780. The van der Waals surface area contributed by atoms with Gasteiger partial charge in [-0.05, 0) is 136 Å². The molecule has 0 saturated carbocycles. The minimum Gasteiger partial charge on any atom is -0.268 e. The molecule has 0 radical (unpaired) electrons. The topological polar surface area (TPSA) is 12.4 Å². The second-order valence-electron chi connectivity index (χ2n) is 12.6. The summed E-state index contributed by atoms with van der Waals surface area (Å²) in [7, 11) is 0. The van der Waals surface area contributed by atoms with E-state index in [1.54, 1.807) is 4.88 Å². The molecule has 5 rings (SSSR count). The van der Waals surface area contributed by atoms with Crippen molar-refractivity contribution in [2.24, 2.45) is 4.99 Å². The Labute approximate surface area is 288 Å². The molecule has 242 valence electrons. The van der Waals surface area contributed by atoms with E-state index in [2.05, 4.69) is 151 Å². The van der Waals surface area contributed by atoms with Gasteiger partial charge in [0, 0.05) is 15.3 Å². The van der Waals surface area contributed by atoms with Gasteiger partial charge >= 0.3 is 0 Å². The summed E-state index contributed by atoms with van der Waals surface area (Å²) in [6, 6.07) is 7.14. The first kappa shape index (κ1) is 34.3. The highest BCUT2D eigenvalue weighted by Crippen LogP contribution is 2.57. The zero-order valence-corrected chi connectivity index (χ0v) is 29.9. The van der Waals surface area contributed by atoms with Crippen molar-refractivity contribution in [1.82, 2.24) is 0 Å². The zero-order chi connectivity index (χ0) is 33.2. The summed E-state index contributed by atoms with van der Waals surface area (Å²) < 4.78 is 0. The minimum atomic E-state index is -0.277. The van der Waals surface area contributed by atoms with Crippen LogP contribution in [-0.2, 0) is 24.7 Å². The Kier molecular flexibility index (Phi) is 11.8. The predicted molar refractivity (Wildman–Crippen MR) is 210 cm³/mol. The maximum Gasteiger partial charge on any atom is 0.0601 e. The highest BCUT2D eigenvalue weighted by molar-refractivity contribution is 7.12. The van der Waals surface area contributed by atoms with Crippen molar-refractivity contribution in [3.05, 3.63) is 158 Å². The van der Waals surface area contributed by atoms with Gasteiger partial charge in [0.25, 0.3) is 0 Å². The molecule has 1 atom stereocenters. The smallest absolute Gasteiger partial charge is 0.0601 e. The fourth-order valence-electron chi connectivity index (χ4n) is 7.57. The third-order valence-electron chi connectivity index (χ3n) is 9.70. The summed E-state index contributed by atoms with van der Waals surface area (Å²) in [6.07, 6.45) is 41.9. The van der Waals surface area contributed by atoms with E-state index < -0.39 is 0 Å². The highest BCUT2D eigenvalue weighted by atomic mass is 32.1. The molecule has 0 bridgehead atoms. The van der Waals surface area contributed by atoms with Crippen LogP contribution in [0.2, 0.25) is 0 Å². The average molecular weight is 638 g/mol. The van der Waals surface area contributed by atoms with Crippen molar-refractivity contribution in [3.8, 4) is 0 Å². The monoisotopic (exact) mass is 637 g/mol. The fourth-order valence-corrected chi connectivity index (χ4v) is 8.84. The normalized spacial score (nSPS) is 20.0. The molecule has 2 aromatic rings. The molecule has 0 amide bonds. The number of thiophene rings is 1. The molecule has 1 aromatic carbocycles. The average Bonchev–Trinajstić information content (AvgIpc) is 3.60. The van der Waals surface area contributed by atoms with Crippen LogP contribution in [0.15, 0.2) is 125 Å². The van der Waals surface area contributed by atoms with Gasteiger partial charge in [-0.15, -0.1) is 11.3 Å². The standard InChI is InChI=1S/C45H51NS/c1-7-11-13-14-19-31-45(43(46-6)28-12-8-2)39-26-18-17-24-36(39)37-30-29-34(32-40(37)45)23-16-15-22-33(5)35-25-20-27-42-44(35)38(21-9-3)41(10-4)47-42/h7-9,11-17,21-22,24-25,28-30,32H,6,10,18-20,23,26-27,31H2,1-5H3/b11-7-,12-8-,14-13-,16-15-,21-9-,33-22+,43-28-. The molecule has 0 saturated heterocycles. The van der Waals surface area contributed by atoms with E-state index in [4.69, 9.17) is 4.99 Å². The molecule has 0 spiro atoms. The Morgan fingerprint density at radius 2 is 1.83 bits per heavy atom. The number of rotatable bonds is 13. The molecule has 3 aliphatic rings. The predicted octanol–water partition coefficient (Wildman–Crippen LogP) is 12.8. The van der Waals surface area contributed by atoms with Gasteiger partial charge in [-0.2, -0.15) is 0 Å². The van der Waals surface area contributed by atoms with Gasteiger partial charge in [0.15, 0.2) is 0 Å². The first-order valence-electron chi connectivity index (χ1n) is 17.5. The lowest BCUT2D eigenvalue weighted by Gasteiger charge is -2.35. The van der Waals surface area contributed by atoms with Gasteiger partial charge in [-0.25, -0.2) is 0 Å². The van der Waals surface area contributed by atoms with E-state index in [9.17, 15) is 0 Å². The molecule has 1 unspecified atom stereocenters. The van der Waals surface area contributed by atoms with Gasteiger partial charge < -0.3 is 0 Å². The summed E-state index contributed by atoms with van der Waals surface area (Å²) in [6.45, 7) is 14.9. The van der Waals surface area contributed by atoms with Crippen LogP contribution < -0.4 is 0 Å². The number of fused-ring (bicyclic) bond motifs is 3. The van der Waals surface area contributed by atoms with Crippen LogP contribution in [0.25, 0.3) is 17.2 Å². The molecule has 0 fully saturated rings. The van der Waals surface area contributed by atoms with Gasteiger partial charge in [-0.1, -0.05) is 110 Å². The number of aliphatic imine (C=N–C) groups is 1. The van der Waals surface area contributed by atoms with Crippen LogP contribution >= 0.6 is 11.3 Å². The summed E-state index contributed by atoms with van der Waals surface area (Å²) in [4.78, 5) is 7.78. The Morgan fingerprint density at radius 1 is 0.979 bits per heavy atom. The van der Waals surface area contributed by atoms with Crippen molar-refractivity contribution >= 4 is 35.3 Å². The first-order valence-corrected chi connectivity index (χ1v) is 18.3. The van der Waals surface area contributed by atoms with Crippen LogP contribution in [0.3, 0.4) is 0 Å².